The van der Waals surface area contributed by atoms with Gasteiger partial charge >= 0.3 is 0 Å². The van der Waals surface area contributed by atoms with Gasteiger partial charge in [0, 0.05) is 16.5 Å². The van der Waals surface area contributed by atoms with Crippen molar-refractivity contribution in [3.63, 3.8) is 0 Å². The second kappa shape index (κ2) is 6.18. The van der Waals surface area contributed by atoms with Crippen molar-refractivity contribution in [3.05, 3.63) is 66.7 Å². The summed E-state index contributed by atoms with van der Waals surface area (Å²) in [7, 11) is 0. The molecule has 0 aliphatic heterocycles. The first-order chi connectivity index (χ1) is 10.3. The molecule has 0 saturated heterocycles. The van der Waals surface area contributed by atoms with Crippen molar-refractivity contribution in [3.8, 4) is 11.5 Å². The van der Waals surface area contributed by atoms with E-state index in [1.54, 1.807) is 0 Å². The van der Waals surface area contributed by atoms with Gasteiger partial charge < -0.3 is 15.2 Å². The number of nitrogens with two attached hydrogens (primary N) is 1. The first-order valence-electron chi connectivity index (χ1n) is 6.92. The molecule has 0 radical (unpaired) electrons. The van der Waals surface area contributed by atoms with Gasteiger partial charge in [-0.15, -0.1) is 0 Å². The summed E-state index contributed by atoms with van der Waals surface area (Å²) in [6, 6.07) is 21.5. The van der Waals surface area contributed by atoms with E-state index in [4.69, 9.17) is 15.2 Å². The van der Waals surface area contributed by atoms with Crippen LogP contribution in [0.2, 0.25) is 0 Å². The van der Waals surface area contributed by atoms with Crippen LogP contribution in [0.5, 0.6) is 11.5 Å². The minimum absolute atomic E-state index is 0.489. The van der Waals surface area contributed by atoms with Gasteiger partial charge in [-0.3, -0.25) is 0 Å². The lowest BCUT2D eigenvalue weighted by Gasteiger charge is -2.11. The van der Waals surface area contributed by atoms with Crippen LogP contribution in [0, 0.1) is 0 Å². The molecule has 2 N–H and O–H groups in total. The van der Waals surface area contributed by atoms with Crippen LogP contribution < -0.4 is 15.2 Å². The standard InChI is InChI=1S/C18H17NO2/c19-17-10-11-18(16-9-5-4-8-15(16)17)21-13-12-20-14-6-2-1-3-7-14/h1-11H,12-13,19H2. The lowest BCUT2D eigenvalue weighted by molar-refractivity contribution is 0.219. The van der Waals surface area contributed by atoms with Crippen LogP contribution >= 0.6 is 0 Å². The van der Waals surface area contributed by atoms with Crippen molar-refractivity contribution in [1.29, 1.82) is 0 Å². The summed E-state index contributed by atoms with van der Waals surface area (Å²) in [5.41, 5.74) is 6.74. The highest BCUT2D eigenvalue weighted by molar-refractivity contribution is 5.96. The van der Waals surface area contributed by atoms with Gasteiger partial charge in [-0.1, -0.05) is 42.5 Å². The van der Waals surface area contributed by atoms with E-state index in [-0.39, 0.29) is 0 Å². The molecule has 3 rings (SSSR count). The third-order valence-corrected chi connectivity index (χ3v) is 3.27. The second-order valence-electron chi connectivity index (χ2n) is 4.71. The third-order valence-electron chi connectivity index (χ3n) is 3.27. The SMILES string of the molecule is Nc1ccc(OCCOc2ccccc2)c2ccccc12. The maximum atomic E-state index is 5.98. The summed E-state index contributed by atoms with van der Waals surface area (Å²) < 4.78 is 11.4. The molecule has 0 aromatic heterocycles. The van der Waals surface area contributed by atoms with E-state index in [9.17, 15) is 0 Å². The molecule has 0 heterocycles. The number of rotatable bonds is 5. The van der Waals surface area contributed by atoms with Gasteiger partial charge in [0.05, 0.1) is 0 Å². The van der Waals surface area contributed by atoms with Gasteiger partial charge in [0.2, 0.25) is 0 Å². The fraction of sp³-hybridized carbons (Fsp3) is 0.111. The molecular formula is C18H17NO2. The molecular weight excluding hydrogens is 262 g/mol. The minimum Gasteiger partial charge on any atom is -0.490 e. The maximum absolute atomic E-state index is 5.98. The highest BCUT2D eigenvalue weighted by Gasteiger charge is 2.04. The predicted octanol–water partition coefficient (Wildman–Crippen LogP) is 3.88. The average molecular weight is 279 g/mol. The molecule has 0 unspecified atom stereocenters. The topological polar surface area (TPSA) is 44.5 Å². The van der Waals surface area contributed by atoms with Crippen LogP contribution in [0.15, 0.2) is 66.7 Å². The fourth-order valence-electron chi connectivity index (χ4n) is 2.25. The summed E-state index contributed by atoms with van der Waals surface area (Å²) >= 11 is 0. The Hall–Kier alpha value is -2.68. The Kier molecular flexibility index (Phi) is 3.92. The first-order valence-corrected chi connectivity index (χ1v) is 6.92. The van der Waals surface area contributed by atoms with E-state index >= 15 is 0 Å². The molecule has 106 valence electrons. The zero-order valence-corrected chi connectivity index (χ0v) is 11.7. The van der Waals surface area contributed by atoms with Crippen molar-refractivity contribution in [1.82, 2.24) is 0 Å². The van der Waals surface area contributed by atoms with Gasteiger partial charge in [0.25, 0.3) is 0 Å². The average Bonchev–Trinajstić information content (AvgIpc) is 2.55. The van der Waals surface area contributed by atoms with Crippen LogP contribution in [0.3, 0.4) is 0 Å². The normalized spacial score (nSPS) is 10.5. The number of hydrogen-bond donors (Lipinski definition) is 1. The fourth-order valence-corrected chi connectivity index (χ4v) is 2.25. The largest absolute Gasteiger partial charge is 0.490 e. The zero-order chi connectivity index (χ0) is 14.5. The Morgan fingerprint density at radius 3 is 2.14 bits per heavy atom. The Balaban J connectivity index is 1.65. The number of fused-ring (bicyclic) bond motifs is 1. The van der Waals surface area contributed by atoms with Gasteiger partial charge in [-0.2, -0.15) is 0 Å². The van der Waals surface area contributed by atoms with Crippen molar-refractivity contribution in [2.24, 2.45) is 0 Å². The highest BCUT2D eigenvalue weighted by atomic mass is 16.5. The predicted molar refractivity (Wildman–Crippen MR) is 85.8 cm³/mol. The van der Waals surface area contributed by atoms with E-state index in [0.29, 0.717) is 13.2 Å². The van der Waals surface area contributed by atoms with E-state index in [1.165, 1.54) is 0 Å². The summed E-state index contributed by atoms with van der Waals surface area (Å²) in [5.74, 6) is 1.68. The van der Waals surface area contributed by atoms with Crippen LogP contribution in [0.4, 0.5) is 5.69 Å². The van der Waals surface area contributed by atoms with E-state index in [0.717, 1.165) is 28.0 Å². The van der Waals surface area contributed by atoms with E-state index in [2.05, 4.69) is 0 Å². The molecule has 21 heavy (non-hydrogen) atoms. The minimum atomic E-state index is 0.489. The van der Waals surface area contributed by atoms with Crippen molar-refractivity contribution < 1.29 is 9.47 Å². The summed E-state index contributed by atoms with van der Waals surface area (Å²) in [5, 5.41) is 2.04. The quantitative estimate of drug-likeness (QED) is 0.569. The summed E-state index contributed by atoms with van der Waals surface area (Å²) in [6.45, 7) is 0.992. The van der Waals surface area contributed by atoms with Crippen molar-refractivity contribution in [2.75, 3.05) is 18.9 Å². The maximum Gasteiger partial charge on any atom is 0.127 e. The van der Waals surface area contributed by atoms with Crippen LogP contribution in [-0.2, 0) is 0 Å². The van der Waals surface area contributed by atoms with E-state index < -0.39 is 0 Å². The number of anilines is 1. The van der Waals surface area contributed by atoms with Gasteiger partial charge in [0.1, 0.15) is 24.7 Å². The van der Waals surface area contributed by atoms with Crippen LogP contribution in [0.25, 0.3) is 10.8 Å². The number of benzene rings is 3. The summed E-state index contributed by atoms with van der Waals surface area (Å²) in [4.78, 5) is 0. The molecule has 0 saturated carbocycles. The molecule has 3 aromatic rings. The molecule has 0 aliphatic rings. The number of nitrogen functional groups attached to an aromatic ring is 1. The van der Waals surface area contributed by atoms with Crippen LogP contribution in [-0.4, -0.2) is 13.2 Å². The zero-order valence-electron chi connectivity index (χ0n) is 11.7. The monoisotopic (exact) mass is 279 g/mol. The number of ether oxygens (including phenoxy) is 2. The molecule has 3 heteroatoms. The molecule has 0 aliphatic carbocycles. The first kappa shape index (κ1) is 13.3. The van der Waals surface area contributed by atoms with Crippen molar-refractivity contribution >= 4 is 16.5 Å². The molecule has 3 aromatic carbocycles. The smallest absolute Gasteiger partial charge is 0.127 e. The molecule has 0 atom stereocenters. The Labute approximate surface area is 123 Å². The molecule has 0 bridgehead atoms. The van der Waals surface area contributed by atoms with E-state index in [1.807, 2.05) is 66.7 Å². The van der Waals surface area contributed by atoms with Crippen molar-refractivity contribution in [2.45, 2.75) is 0 Å². The second-order valence-corrected chi connectivity index (χ2v) is 4.71. The number of hydrogen-bond acceptors (Lipinski definition) is 3. The van der Waals surface area contributed by atoms with Gasteiger partial charge in [0.15, 0.2) is 0 Å². The Bertz CT molecular complexity index is 726. The summed E-state index contributed by atoms with van der Waals surface area (Å²) in [6.07, 6.45) is 0. The lowest BCUT2D eigenvalue weighted by Crippen LogP contribution is -2.09. The Morgan fingerprint density at radius 1 is 0.667 bits per heavy atom. The van der Waals surface area contributed by atoms with Gasteiger partial charge in [-0.05, 0) is 24.3 Å². The molecule has 0 fully saturated rings. The molecule has 0 spiro atoms. The highest BCUT2D eigenvalue weighted by Crippen LogP contribution is 2.29. The third kappa shape index (κ3) is 3.08. The molecule has 0 amide bonds. The van der Waals surface area contributed by atoms with Crippen LogP contribution in [0.1, 0.15) is 0 Å². The molecule has 3 nitrogen and oxygen atoms in total. The number of para-hydroxylation sites is 1. The Morgan fingerprint density at radius 2 is 1.33 bits per heavy atom. The lowest BCUT2D eigenvalue weighted by atomic mass is 10.1. The van der Waals surface area contributed by atoms with Gasteiger partial charge in [-0.25, -0.2) is 0 Å².